The van der Waals surface area contributed by atoms with Crippen LogP contribution >= 0.6 is 11.6 Å². The normalized spacial score (nSPS) is 12.3. The van der Waals surface area contributed by atoms with Crippen molar-refractivity contribution in [3.05, 3.63) is 42.2 Å². The number of aromatic nitrogens is 1. The van der Waals surface area contributed by atoms with Gasteiger partial charge in [-0.05, 0) is 30.2 Å². The van der Waals surface area contributed by atoms with Crippen LogP contribution < -0.4 is 5.32 Å². The highest BCUT2D eigenvalue weighted by Gasteiger charge is 2.13. The summed E-state index contributed by atoms with van der Waals surface area (Å²) < 4.78 is 0. The zero-order valence-corrected chi connectivity index (χ0v) is 13.1. The molecule has 0 radical (unpaired) electrons. The van der Waals surface area contributed by atoms with Gasteiger partial charge in [-0.25, -0.2) is 0 Å². The molecule has 1 N–H and O–H groups in total. The van der Waals surface area contributed by atoms with E-state index in [0.717, 1.165) is 30.0 Å². The molecule has 1 heterocycles. The third-order valence-corrected chi connectivity index (χ3v) is 3.87. The molecular weight excluding hydrogens is 284 g/mol. The highest BCUT2D eigenvalue weighted by molar-refractivity contribution is 6.17. The number of pyridine rings is 1. The molecule has 0 bridgehead atoms. The van der Waals surface area contributed by atoms with Gasteiger partial charge >= 0.3 is 0 Å². The average molecular weight is 305 g/mol. The van der Waals surface area contributed by atoms with E-state index in [0.29, 0.717) is 24.0 Å². The minimum Gasteiger partial charge on any atom is -0.350 e. The first-order chi connectivity index (χ1) is 10.3. The van der Waals surface area contributed by atoms with Crippen molar-refractivity contribution in [2.75, 3.05) is 12.4 Å². The van der Waals surface area contributed by atoms with Crippen molar-refractivity contribution in [3.63, 3.8) is 0 Å². The van der Waals surface area contributed by atoms with Gasteiger partial charge in [-0.15, -0.1) is 11.6 Å². The van der Waals surface area contributed by atoms with Gasteiger partial charge in [0.25, 0.3) is 5.91 Å². The lowest BCUT2D eigenvalue weighted by Gasteiger charge is -2.15. The smallest absolute Gasteiger partial charge is 0.270 e. The van der Waals surface area contributed by atoms with Crippen LogP contribution in [0.15, 0.2) is 36.5 Å². The molecule has 3 nitrogen and oxygen atoms in total. The Bertz CT molecular complexity index is 589. The molecule has 0 spiro atoms. The maximum atomic E-state index is 12.4. The topological polar surface area (TPSA) is 42.0 Å². The highest BCUT2D eigenvalue weighted by Crippen LogP contribution is 2.16. The minimum atomic E-state index is -0.109. The second-order valence-corrected chi connectivity index (χ2v) is 5.60. The molecule has 21 heavy (non-hydrogen) atoms. The summed E-state index contributed by atoms with van der Waals surface area (Å²) in [6.45, 7) is 2.81. The van der Waals surface area contributed by atoms with Crippen LogP contribution in [0.2, 0.25) is 0 Å². The van der Waals surface area contributed by atoms with E-state index in [1.807, 2.05) is 30.3 Å². The van der Waals surface area contributed by atoms with Crippen LogP contribution in [0.5, 0.6) is 0 Å². The van der Waals surface area contributed by atoms with Crippen molar-refractivity contribution in [2.45, 2.75) is 26.2 Å². The molecule has 0 aliphatic carbocycles. The molecular formula is C17H21ClN2O. The monoisotopic (exact) mass is 304 g/mol. The average Bonchev–Trinajstić information content (AvgIpc) is 2.52. The van der Waals surface area contributed by atoms with Crippen molar-refractivity contribution >= 4 is 28.3 Å². The molecule has 0 fully saturated rings. The van der Waals surface area contributed by atoms with E-state index >= 15 is 0 Å². The van der Waals surface area contributed by atoms with E-state index in [9.17, 15) is 4.79 Å². The molecule has 1 aromatic heterocycles. The van der Waals surface area contributed by atoms with Crippen LogP contribution in [-0.4, -0.2) is 23.3 Å². The Morgan fingerprint density at radius 1 is 1.29 bits per heavy atom. The molecule has 0 saturated heterocycles. The van der Waals surface area contributed by atoms with E-state index in [1.54, 1.807) is 6.20 Å². The maximum Gasteiger partial charge on any atom is 0.270 e. The van der Waals surface area contributed by atoms with Gasteiger partial charge in [-0.3, -0.25) is 9.78 Å². The van der Waals surface area contributed by atoms with Gasteiger partial charge in [0.2, 0.25) is 0 Å². The summed E-state index contributed by atoms with van der Waals surface area (Å²) in [4.78, 5) is 16.6. The summed E-state index contributed by atoms with van der Waals surface area (Å²) in [5, 5.41) is 4.92. The first-order valence-corrected chi connectivity index (χ1v) is 7.97. The van der Waals surface area contributed by atoms with Gasteiger partial charge in [0.15, 0.2) is 0 Å². The molecule has 0 saturated carbocycles. The number of hydrogen-bond donors (Lipinski definition) is 1. The van der Waals surface area contributed by atoms with E-state index in [1.165, 1.54) is 0 Å². The van der Waals surface area contributed by atoms with Crippen LogP contribution in [0, 0.1) is 5.92 Å². The number of halogens is 1. The predicted molar refractivity (Wildman–Crippen MR) is 87.8 cm³/mol. The number of nitrogens with zero attached hydrogens (tertiary/aromatic N) is 1. The van der Waals surface area contributed by atoms with Crippen molar-refractivity contribution in [2.24, 2.45) is 5.92 Å². The Morgan fingerprint density at radius 2 is 2.10 bits per heavy atom. The second kappa shape index (κ2) is 7.99. The lowest BCUT2D eigenvalue weighted by Crippen LogP contribution is -2.30. The van der Waals surface area contributed by atoms with Gasteiger partial charge < -0.3 is 5.32 Å². The predicted octanol–water partition coefficient (Wildman–Crippen LogP) is 4.01. The number of carbonyl (C=O) groups excluding carboxylic acids is 1. The molecule has 112 valence electrons. The number of amides is 1. The minimum absolute atomic E-state index is 0.109. The van der Waals surface area contributed by atoms with Gasteiger partial charge in [0.05, 0.1) is 0 Å². The summed E-state index contributed by atoms with van der Waals surface area (Å²) in [5.74, 6) is 0.960. The SMILES string of the molecule is CCCC(CCCl)CNC(=O)c1nccc2ccccc12. The Hall–Kier alpha value is -1.61. The van der Waals surface area contributed by atoms with E-state index < -0.39 is 0 Å². The van der Waals surface area contributed by atoms with Crippen molar-refractivity contribution in [1.29, 1.82) is 0 Å². The lowest BCUT2D eigenvalue weighted by atomic mass is 10.0. The molecule has 1 atom stereocenters. The fourth-order valence-corrected chi connectivity index (χ4v) is 2.84. The number of nitrogens with one attached hydrogen (secondary N) is 1. The quantitative estimate of drug-likeness (QED) is 0.785. The van der Waals surface area contributed by atoms with Gasteiger partial charge in [-0.2, -0.15) is 0 Å². The third-order valence-electron chi connectivity index (χ3n) is 3.65. The van der Waals surface area contributed by atoms with Gasteiger partial charge in [-0.1, -0.05) is 37.6 Å². The Balaban J connectivity index is 2.08. The largest absolute Gasteiger partial charge is 0.350 e. The van der Waals surface area contributed by atoms with Gasteiger partial charge in [0, 0.05) is 24.0 Å². The first-order valence-electron chi connectivity index (χ1n) is 7.44. The molecule has 0 aliphatic rings. The summed E-state index contributed by atoms with van der Waals surface area (Å²) in [5.41, 5.74) is 0.495. The fourth-order valence-electron chi connectivity index (χ4n) is 2.53. The van der Waals surface area contributed by atoms with Crippen LogP contribution in [0.3, 0.4) is 0 Å². The molecule has 4 heteroatoms. The number of alkyl halides is 1. The Morgan fingerprint density at radius 3 is 2.86 bits per heavy atom. The third kappa shape index (κ3) is 4.18. The summed E-state index contributed by atoms with van der Waals surface area (Å²) in [6, 6.07) is 9.72. The van der Waals surface area contributed by atoms with Crippen LogP contribution in [-0.2, 0) is 0 Å². The molecule has 1 unspecified atom stereocenters. The first kappa shape index (κ1) is 15.8. The number of rotatable bonds is 7. The van der Waals surface area contributed by atoms with Gasteiger partial charge in [0.1, 0.15) is 5.69 Å². The van der Waals surface area contributed by atoms with E-state index in [4.69, 9.17) is 11.6 Å². The lowest BCUT2D eigenvalue weighted by molar-refractivity contribution is 0.0943. The Labute approximate surface area is 130 Å². The van der Waals surface area contributed by atoms with Crippen LogP contribution in [0.1, 0.15) is 36.7 Å². The molecule has 2 rings (SSSR count). The molecule has 1 aromatic carbocycles. The summed E-state index contributed by atoms with van der Waals surface area (Å²) >= 11 is 5.82. The van der Waals surface area contributed by atoms with Crippen molar-refractivity contribution in [3.8, 4) is 0 Å². The van der Waals surface area contributed by atoms with Crippen molar-refractivity contribution in [1.82, 2.24) is 10.3 Å². The van der Waals surface area contributed by atoms with Crippen LogP contribution in [0.25, 0.3) is 10.8 Å². The molecule has 1 amide bonds. The number of hydrogen-bond acceptors (Lipinski definition) is 2. The summed E-state index contributed by atoms with van der Waals surface area (Å²) in [7, 11) is 0. The van der Waals surface area contributed by atoms with Crippen LogP contribution in [0.4, 0.5) is 0 Å². The number of carbonyl (C=O) groups is 1. The fraction of sp³-hybridized carbons (Fsp3) is 0.412. The maximum absolute atomic E-state index is 12.4. The van der Waals surface area contributed by atoms with E-state index in [-0.39, 0.29) is 5.91 Å². The molecule has 2 aromatic rings. The Kier molecular flexibility index (Phi) is 6.00. The molecule has 0 aliphatic heterocycles. The standard InChI is InChI=1S/C17H21ClN2O/c1-2-5-13(8-10-18)12-20-17(21)16-15-7-4-3-6-14(15)9-11-19-16/h3-4,6-7,9,11,13H,2,5,8,10,12H2,1H3,(H,20,21). The van der Waals surface area contributed by atoms with E-state index in [2.05, 4.69) is 17.2 Å². The van der Waals surface area contributed by atoms with Crippen molar-refractivity contribution < 1.29 is 4.79 Å². The highest BCUT2D eigenvalue weighted by atomic mass is 35.5. The second-order valence-electron chi connectivity index (χ2n) is 5.22. The zero-order valence-electron chi connectivity index (χ0n) is 12.3. The summed E-state index contributed by atoms with van der Waals surface area (Å²) in [6.07, 6.45) is 4.79. The number of fused-ring (bicyclic) bond motifs is 1. The zero-order chi connectivity index (χ0) is 15.1. The number of benzene rings is 1.